The first-order valence-corrected chi connectivity index (χ1v) is 19.8. The van der Waals surface area contributed by atoms with Crippen molar-refractivity contribution >= 4 is 34.3 Å². The topological polar surface area (TPSA) is 196 Å². The van der Waals surface area contributed by atoms with Gasteiger partial charge in [-0.2, -0.15) is 4.31 Å². The molecule has 1 aliphatic rings. The molecule has 4 atom stereocenters. The number of hydrogen-bond donors (Lipinski definition) is 4. The Morgan fingerprint density at radius 3 is 2.27 bits per heavy atom. The van der Waals surface area contributed by atoms with Gasteiger partial charge in [0.1, 0.15) is 6.04 Å². The van der Waals surface area contributed by atoms with E-state index in [2.05, 4.69) is 15.5 Å². The molecule has 0 saturated carbocycles. The Labute approximate surface area is 323 Å². The fourth-order valence-corrected chi connectivity index (χ4v) is 8.14. The van der Waals surface area contributed by atoms with Gasteiger partial charge < -0.3 is 35.4 Å². The Morgan fingerprint density at radius 1 is 0.982 bits per heavy atom. The third kappa shape index (κ3) is 11.5. The van der Waals surface area contributed by atoms with Gasteiger partial charge in [0.25, 0.3) is 0 Å². The van der Waals surface area contributed by atoms with Crippen LogP contribution in [0.5, 0.6) is 0 Å². The third-order valence-corrected chi connectivity index (χ3v) is 11.5. The number of nitrogens with zero attached hydrogens (tertiary/aromatic N) is 6. The van der Waals surface area contributed by atoms with E-state index >= 15 is 0 Å². The zero-order valence-electron chi connectivity index (χ0n) is 32.0. The van der Waals surface area contributed by atoms with Crippen molar-refractivity contribution in [2.45, 2.75) is 76.7 Å². The first-order chi connectivity index (χ1) is 26.1. The maximum atomic E-state index is 14.4. The molecule has 4 N–H and O–H groups in total. The summed E-state index contributed by atoms with van der Waals surface area (Å²) in [5.41, 5.74) is 2.44. The summed E-state index contributed by atoms with van der Waals surface area (Å²) in [5.74, 6) is -0.809. The highest BCUT2D eigenvalue weighted by atomic mass is 32.2. The molecular weight excluding hydrogens is 727 g/mol. The second-order valence-electron chi connectivity index (χ2n) is 14.4. The fourth-order valence-electron chi connectivity index (χ4n) is 6.52. The van der Waals surface area contributed by atoms with Crippen LogP contribution in [0, 0.1) is 11.8 Å². The monoisotopic (exact) mass is 779 g/mol. The standard InChI is InChI=1S/C39H53N7O8S/c1-6-28(4)36(46-20-19-44(38(46)49)25-32-14-10-13-31(41-32)24-43(5)39(50)51)37(48)42-34(21-29-11-8-7-9-12-29)35(47)26-45(23-27(2)3)55(53,54)33-17-15-30(16-18-33)22-40-52/h7-18,22,27-28,34-36,47,52H,6,19-21,23-26H2,1-5H3,(H,42,48)(H,50,51)/t28-,34-,35-,36-/m0/s1. The van der Waals surface area contributed by atoms with Crippen LogP contribution in [0.1, 0.15) is 56.6 Å². The van der Waals surface area contributed by atoms with E-state index in [9.17, 15) is 33.0 Å². The number of nitrogens with one attached hydrogen (secondary N) is 1. The molecule has 4 amide bonds. The molecule has 1 aromatic heterocycles. The molecular formula is C39H53N7O8S. The van der Waals surface area contributed by atoms with Crippen LogP contribution in [0.4, 0.5) is 9.59 Å². The number of aliphatic hydroxyl groups is 1. The van der Waals surface area contributed by atoms with Gasteiger partial charge in [0, 0.05) is 33.2 Å². The second-order valence-corrected chi connectivity index (χ2v) is 16.3. The number of rotatable bonds is 19. The fraction of sp³-hybridized carbons (Fsp3) is 0.462. The van der Waals surface area contributed by atoms with Crippen molar-refractivity contribution < 1.29 is 38.2 Å². The molecule has 1 fully saturated rings. The Hall–Kier alpha value is -5.06. The molecule has 2 heterocycles. The maximum Gasteiger partial charge on any atom is 0.407 e. The van der Waals surface area contributed by atoms with Crippen molar-refractivity contribution in [1.29, 1.82) is 0 Å². The van der Waals surface area contributed by atoms with E-state index in [0.29, 0.717) is 29.9 Å². The minimum absolute atomic E-state index is 0.00235. The molecule has 1 saturated heterocycles. The van der Waals surface area contributed by atoms with Crippen LogP contribution in [-0.4, -0.2) is 123 Å². The highest BCUT2D eigenvalue weighted by molar-refractivity contribution is 7.89. The van der Waals surface area contributed by atoms with Gasteiger partial charge in [-0.1, -0.05) is 87.8 Å². The summed E-state index contributed by atoms with van der Waals surface area (Å²) in [7, 11) is -2.65. The van der Waals surface area contributed by atoms with Crippen LogP contribution in [-0.2, 0) is 34.3 Å². The Bertz CT molecular complexity index is 1880. The van der Waals surface area contributed by atoms with Crippen LogP contribution in [0.3, 0.4) is 0 Å². The molecule has 0 bridgehead atoms. The average molecular weight is 780 g/mol. The number of urea groups is 1. The summed E-state index contributed by atoms with van der Waals surface area (Å²) >= 11 is 0. The van der Waals surface area contributed by atoms with Crippen molar-refractivity contribution in [2.75, 3.05) is 33.2 Å². The number of hydrogen-bond acceptors (Lipinski definition) is 9. The molecule has 16 heteroatoms. The molecule has 1 aliphatic heterocycles. The van der Waals surface area contributed by atoms with Crippen molar-refractivity contribution in [1.82, 2.24) is 29.3 Å². The van der Waals surface area contributed by atoms with Gasteiger partial charge in [-0.25, -0.2) is 18.0 Å². The van der Waals surface area contributed by atoms with E-state index < -0.39 is 40.2 Å². The molecule has 55 heavy (non-hydrogen) atoms. The van der Waals surface area contributed by atoms with Gasteiger partial charge in [0.15, 0.2) is 0 Å². The number of carbonyl (C=O) groups excluding carboxylic acids is 2. The van der Waals surface area contributed by atoms with E-state index in [1.54, 1.807) is 23.1 Å². The lowest BCUT2D eigenvalue weighted by Crippen LogP contribution is -2.57. The van der Waals surface area contributed by atoms with E-state index in [1.165, 1.54) is 46.7 Å². The van der Waals surface area contributed by atoms with Crippen LogP contribution >= 0.6 is 0 Å². The van der Waals surface area contributed by atoms with Gasteiger partial charge in [0.2, 0.25) is 15.9 Å². The van der Waals surface area contributed by atoms with Crippen molar-refractivity contribution in [2.24, 2.45) is 17.0 Å². The summed E-state index contributed by atoms with van der Waals surface area (Å²) in [5, 5.41) is 36.0. The SMILES string of the molecule is CC[C@H](C)[C@@H](C(=O)N[C@@H](Cc1ccccc1)[C@@H](O)CN(CC(C)C)S(=O)(=O)c1ccc(C=NO)cc1)N1CCN(Cc2cccc(CN(C)C(=O)O)n2)C1=O. The number of aromatic nitrogens is 1. The first-order valence-electron chi connectivity index (χ1n) is 18.4. The van der Waals surface area contributed by atoms with Gasteiger partial charge >= 0.3 is 12.1 Å². The number of sulfonamides is 1. The minimum Gasteiger partial charge on any atom is -0.465 e. The number of carbonyl (C=O) groups is 3. The summed E-state index contributed by atoms with van der Waals surface area (Å²) < 4.78 is 29.1. The van der Waals surface area contributed by atoms with Crippen molar-refractivity contribution in [3.63, 3.8) is 0 Å². The second kappa shape index (κ2) is 19.5. The van der Waals surface area contributed by atoms with E-state index in [4.69, 9.17) is 5.21 Å². The van der Waals surface area contributed by atoms with Crippen LogP contribution in [0.25, 0.3) is 0 Å². The zero-order valence-corrected chi connectivity index (χ0v) is 32.8. The van der Waals surface area contributed by atoms with Gasteiger partial charge in [-0.15, -0.1) is 0 Å². The number of aliphatic hydroxyl groups excluding tert-OH is 1. The maximum absolute atomic E-state index is 14.4. The number of benzene rings is 2. The lowest BCUT2D eigenvalue weighted by molar-refractivity contribution is -0.128. The van der Waals surface area contributed by atoms with Gasteiger partial charge in [0.05, 0.1) is 47.7 Å². The average Bonchev–Trinajstić information content (AvgIpc) is 3.49. The number of carboxylic acid groups (broad SMARTS) is 1. The van der Waals surface area contributed by atoms with Crippen molar-refractivity contribution in [3.05, 3.63) is 95.3 Å². The number of amides is 4. The molecule has 0 radical (unpaired) electrons. The summed E-state index contributed by atoms with van der Waals surface area (Å²) in [6.45, 7) is 8.23. The smallest absolute Gasteiger partial charge is 0.407 e. The molecule has 4 rings (SSSR count). The van der Waals surface area contributed by atoms with Crippen molar-refractivity contribution in [3.8, 4) is 0 Å². The molecule has 15 nitrogen and oxygen atoms in total. The molecule has 0 unspecified atom stereocenters. The summed E-state index contributed by atoms with van der Waals surface area (Å²) in [6.07, 6.45) is -0.451. The first kappa shape index (κ1) is 42.7. The van der Waals surface area contributed by atoms with Crippen LogP contribution in [0.2, 0.25) is 0 Å². The highest BCUT2D eigenvalue weighted by Crippen LogP contribution is 2.24. The molecule has 298 valence electrons. The predicted octanol–water partition coefficient (Wildman–Crippen LogP) is 4.09. The highest BCUT2D eigenvalue weighted by Gasteiger charge is 2.41. The third-order valence-electron chi connectivity index (χ3n) is 9.63. The lowest BCUT2D eigenvalue weighted by Gasteiger charge is -2.35. The van der Waals surface area contributed by atoms with Crippen LogP contribution in [0.15, 0.2) is 82.8 Å². The summed E-state index contributed by atoms with van der Waals surface area (Å²) in [6, 6.07) is 18.2. The van der Waals surface area contributed by atoms with E-state index in [0.717, 1.165) is 10.5 Å². The molecule has 0 aliphatic carbocycles. The lowest BCUT2D eigenvalue weighted by atomic mass is 9.95. The van der Waals surface area contributed by atoms with Gasteiger partial charge in [-0.3, -0.25) is 9.78 Å². The summed E-state index contributed by atoms with van der Waals surface area (Å²) in [4.78, 5) is 48.4. The quantitative estimate of drug-likeness (QED) is 0.0788. The number of pyridine rings is 1. The largest absolute Gasteiger partial charge is 0.465 e. The Morgan fingerprint density at radius 2 is 1.65 bits per heavy atom. The number of oxime groups is 1. The van der Waals surface area contributed by atoms with Gasteiger partial charge in [-0.05, 0) is 53.6 Å². The van der Waals surface area contributed by atoms with E-state index in [1.807, 2.05) is 58.0 Å². The predicted molar refractivity (Wildman–Crippen MR) is 207 cm³/mol. The molecule has 2 aromatic carbocycles. The van der Waals surface area contributed by atoms with E-state index in [-0.39, 0.29) is 61.9 Å². The Kier molecular flexibility index (Phi) is 15.1. The minimum atomic E-state index is -4.09. The molecule has 3 aromatic rings. The normalized spacial score (nSPS) is 15.7. The van der Waals surface area contributed by atoms with Crippen LogP contribution < -0.4 is 5.32 Å². The molecule has 0 spiro atoms. The zero-order chi connectivity index (χ0) is 40.3. The Balaban J connectivity index is 1.57.